The van der Waals surface area contributed by atoms with Crippen LogP contribution in [0.3, 0.4) is 0 Å². The third-order valence-electron chi connectivity index (χ3n) is 5.34. The van der Waals surface area contributed by atoms with Gasteiger partial charge in [0.15, 0.2) is 0 Å². The SMILES string of the molecule is CN1CCC(CCCOC(=O)C(c2ccccc2)c2ccccc2)CC1. The molecule has 0 aromatic heterocycles. The highest BCUT2D eigenvalue weighted by Gasteiger charge is 2.24. The Labute approximate surface area is 157 Å². The van der Waals surface area contributed by atoms with E-state index in [0.717, 1.165) is 29.9 Å². The van der Waals surface area contributed by atoms with Crippen LogP contribution in [0.1, 0.15) is 42.7 Å². The van der Waals surface area contributed by atoms with Crippen LogP contribution >= 0.6 is 0 Å². The van der Waals surface area contributed by atoms with E-state index in [-0.39, 0.29) is 11.9 Å². The standard InChI is InChI=1S/C23H29NO2/c1-24-16-14-19(15-17-24)9-8-18-26-23(25)22(20-10-4-2-5-11-20)21-12-6-3-7-13-21/h2-7,10-13,19,22H,8-9,14-18H2,1H3. The monoisotopic (exact) mass is 351 g/mol. The van der Waals surface area contributed by atoms with E-state index in [9.17, 15) is 4.79 Å². The fourth-order valence-electron chi connectivity index (χ4n) is 3.73. The average molecular weight is 351 g/mol. The zero-order valence-corrected chi connectivity index (χ0v) is 15.6. The number of likely N-dealkylation sites (tertiary alicyclic amines) is 1. The summed E-state index contributed by atoms with van der Waals surface area (Å²) < 4.78 is 5.68. The molecule has 1 aliphatic heterocycles. The van der Waals surface area contributed by atoms with E-state index in [1.807, 2.05) is 60.7 Å². The highest BCUT2D eigenvalue weighted by atomic mass is 16.5. The molecule has 0 amide bonds. The molecule has 0 atom stereocenters. The van der Waals surface area contributed by atoms with E-state index in [4.69, 9.17) is 4.74 Å². The third kappa shape index (κ3) is 5.18. The van der Waals surface area contributed by atoms with Crippen molar-refractivity contribution in [1.29, 1.82) is 0 Å². The molecule has 1 aliphatic rings. The molecule has 0 unspecified atom stereocenters. The molecular weight excluding hydrogens is 322 g/mol. The molecule has 0 bridgehead atoms. The Balaban J connectivity index is 1.55. The van der Waals surface area contributed by atoms with Crippen LogP contribution in [0.2, 0.25) is 0 Å². The number of hydrogen-bond acceptors (Lipinski definition) is 3. The Bertz CT molecular complexity index is 624. The second-order valence-corrected chi connectivity index (χ2v) is 7.31. The van der Waals surface area contributed by atoms with Gasteiger partial charge in [0.25, 0.3) is 0 Å². The molecular formula is C23H29NO2. The van der Waals surface area contributed by atoms with Gasteiger partial charge in [-0.1, -0.05) is 60.7 Å². The van der Waals surface area contributed by atoms with Crippen LogP contribution in [-0.2, 0) is 9.53 Å². The molecule has 26 heavy (non-hydrogen) atoms. The predicted octanol–water partition coefficient (Wildman–Crippen LogP) is 4.48. The van der Waals surface area contributed by atoms with Gasteiger partial charge < -0.3 is 9.64 Å². The molecule has 0 radical (unpaired) electrons. The largest absolute Gasteiger partial charge is 0.465 e. The lowest BCUT2D eigenvalue weighted by atomic mass is 9.91. The number of esters is 1. The van der Waals surface area contributed by atoms with Gasteiger partial charge in [-0.3, -0.25) is 4.79 Å². The maximum Gasteiger partial charge on any atom is 0.317 e. The molecule has 1 fully saturated rings. The molecule has 3 heteroatoms. The summed E-state index contributed by atoms with van der Waals surface area (Å²) in [5.41, 5.74) is 1.97. The molecule has 0 spiro atoms. The molecule has 0 aliphatic carbocycles. The van der Waals surface area contributed by atoms with Crippen molar-refractivity contribution in [3.63, 3.8) is 0 Å². The van der Waals surface area contributed by atoms with E-state index in [1.165, 1.54) is 25.9 Å². The second kappa shape index (κ2) is 9.54. The minimum atomic E-state index is -0.347. The molecule has 3 nitrogen and oxygen atoms in total. The molecule has 3 rings (SSSR count). The van der Waals surface area contributed by atoms with E-state index < -0.39 is 0 Å². The second-order valence-electron chi connectivity index (χ2n) is 7.31. The van der Waals surface area contributed by atoms with Crippen molar-refractivity contribution >= 4 is 5.97 Å². The molecule has 1 saturated heterocycles. The van der Waals surface area contributed by atoms with Crippen LogP contribution in [0.25, 0.3) is 0 Å². The van der Waals surface area contributed by atoms with Crippen LogP contribution in [-0.4, -0.2) is 37.6 Å². The Hall–Kier alpha value is -2.13. The fourth-order valence-corrected chi connectivity index (χ4v) is 3.73. The number of rotatable bonds is 7. The van der Waals surface area contributed by atoms with E-state index in [0.29, 0.717) is 6.61 Å². The van der Waals surface area contributed by atoms with Crippen LogP contribution in [0.4, 0.5) is 0 Å². The van der Waals surface area contributed by atoms with E-state index >= 15 is 0 Å². The zero-order valence-electron chi connectivity index (χ0n) is 15.6. The lowest BCUT2D eigenvalue weighted by Gasteiger charge is -2.28. The van der Waals surface area contributed by atoms with Gasteiger partial charge in [0.05, 0.1) is 6.61 Å². The normalized spacial score (nSPS) is 15.9. The average Bonchev–Trinajstić information content (AvgIpc) is 2.68. The summed E-state index contributed by atoms with van der Waals surface area (Å²) in [4.78, 5) is 15.2. The first-order chi connectivity index (χ1) is 12.7. The first kappa shape index (κ1) is 18.7. The Morgan fingerprint density at radius 3 is 2.08 bits per heavy atom. The van der Waals surface area contributed by atoms with Crippen molar-refractivity contribution in [2.75, 3.05) is 26.7 Å². The summed E-state index contributed by atoms with van der Waals surface area (Å²) in [7, 11) is 2.19. The zero-order chi connectivity index (χ0) is 18.2. The van der Waals surface area contributed by atoms with Gasteiger partial charge in [0.1, 0.15) is 5.92 Å². The lowest BCUT2D eigenvalue weighted by molar-refractivity contribution is -0.144. The maximum absolute atomic E-state index is 12.8. The smallest absolute Gasteiger partial charge is 0.317 e. The van der Waals surface area contributed by atoms with Crippen LogP contribution in [0, 0.1) is 5.92 Å². The third-order valence-corrected chi connectivity index (χ3v) is 5.34. The van der Waals surface area contributed by atoms with Gasteiger partial charge in [0.2, 0.25) is 0 Å². The van der Waals surface area contributed by atoms with Crippen molar-refractivity contribution in [1.82, 2.24) is 4.90 Å². The highest BCUT2D eigenvalue weighted by Crippen LogP contribution is 2.26. The highest BCUT2D eigenvalue weighted by molar-refractivity contribution is 5.82. The van der Waals surface area contributed by atoms with Crippen molar-refractivity contribution in [2.24, 2.45) is 5.92 Å². The number of benzene rings is 2. The molecule has 2 aromatic rings. The molecule has 2 aromatic carbocycles. The summed E-state index contributed by atoms with van der Waals surface area (Å²) in [6.07, 6.45) is 4.64. The molecule has 1 heterocycles. The summed E-state index contributed by atoms with van der Waals surface area (Å²) >= 11 is 0. The van der Waals surface area contributed by atoms with Crippen molar-refractivity contribution < 1.29 is 9.53 Å². The summed E-state index contributed by atoms with van der Waals surface area (Å²) in [5.74, 6) is 0.287. The van der Waals surface area contributed by atoms with Crippen LogP contribution < -0.4 is 0 Å². The fraction of sp³-hybridized carbons (Fsp3) is 0.435. The quantitative estimate of drug-likeness (QED) is 0.544. The predicted molar refractivity (Wildman–Crippen MR) is 105 cm³/mol. The number of ether oxygens (including phenoxy) is 1. The van der Waals surface area contributed by atoms with Gasteiger partial charge in [-0.2, -0.15) is 0 Å². The van der Waals surface area contributed by atoms with E-state index in [2.05, 4.69) is 11.9 Å². The Morgan fingerprint density at radius 2 is 1.54 bits per heavy atom. The number of carbonyl (C=O) groups excluding carboxylic acids is 1. The summed E-state index contributed by atoms with van der Waals surface area (Å²) in [6.45, 7) is 2.89. The first-order valence-electron chi connectivity index (χ1n) is 9.69. The Morgan fingerprint density at radius 1 is 1.00 bits per heavy atom. The lowest BCUT2D eigenvalue weighted by Crippen LogP contribution is -2.30. The van der Waals surface area contributed by atoms with Crippen LogP contribution in [0.5, 0.6) is 0 Å². The minimum Gasteiger partial charge on any atom is -0.465 e. The minimum absolute atomic E-state index is 0.147. The van der Waals surface area contributed by atoms with Gasteiger partial charge in [0, 0.05) is 0 Å². The number of hydrogen-bond donors (Lipinski definition) is 0. The van der Waals surface area contributed by atoms with Crippen molar-refractivity contribution in [3.05, 3.63) is 71.8 Å². The summed E-state index contributed by atoms with van der Waals surface area (Å²) in [5, 5.41) is 0. The van der Waals surface area contributed by atoms with E-state index in [1.54, 1.807) is 0 Å². The van der Waals surface area contributed by atoms with Gasteiger partial charge >= 0.3 is 5.97 Å². The topological polar surface area (TPSA) is 29.5 Å². The Kier molecular flexibility index (Phi) is 6.84. The number of piperidine rings is 1. The summed E-state index contributed by atoms with van der Waals surface area (Å²) in [6, 6.07) is 19.8. The van der Waals surface area contributed by atoms with Crippen molar-refractivity contribution in [3.8, 4) is 0 Å². The van der Waals surface area contributed by atoms with Gasteiger partial charge in [-0.05, 0) is 62.9 Å². The maximum atomic E-state index is 12.8. The first-order valence-corrected chi connectivity index (χ1v) is 9.69. The van der Waals surface area contributed by atoms with Crippen LogP contribution in [0.15, 0.2) is 60.7 Å². The number of carbonyl (C=O) groups is 1. The van der Waals surface area contributed by atoms with Gasteiger partial charge in [-0.25, -0.2) is 0 Å². The molecule has 0 N–H and O–H groups in total. The van der Waals surface area contributed by atoms with Crippen molar-refractivity contribution in [2.45, 2.75) is 31.6 Å². The molecule has 138 valence electrons. The molecule has 0 saturated carbocycles. The number of nitrogens with zero attached hydrogens (tertiary/aromatic N) is 1. The van der Waals surface area contributed by atoms with Gasteiger partial charge in [-0.15, -0.1) is 0 Å².